The van der Waals surface area contributed by atoms with Crippen LogP contribution in [0.15, 0.2) is 34.1 Å². The molecule has 0 bridgehead atoms. The predicted octanol–water partition coefficient (Wildman–Crippen LogP) is 2.60. The number of non-ortho nitro benzene ring substituents is 1. The first-order valence-corrected chi connectivity index (χ1v) is 7.33. The van der Waals surface area contributed by atoms with E-state index in [0.29, 0.717) is 20.7 Å². The topological polar surface area (TPSA) is 107 Å². The number of carbonyl (C=O) groups is 1. The molecule has 0 unspecified atom stereocenters. The van der Waals surface area contributed by atoms with Gasteiger partial charge in [0.05, 0.1) is 15.9 Å². The molecule has 3 N–H and O–H groups in total. The number of ether oxygens (including phenoxy) is 1. The minimum absolute atomic E-state index is 0.0791. The van der Waals surface area contributed by atoms with E-state index in [1.54, 1.807) is 17.5 Å². The molecular formula is C12H10BrN3O4S. The summed E-state index contributed by atoms with van der Waals surface area (Å²) < 4.78 is 6.05. The summed E-state index contributed by atoms with van der Waals surface area (Å²) in [7, 11) is 0. The number of nitrogen functional groups attached to an aromatic ring is 1. The van der Waals surface area contributed by atoms with Gasteiger partial charge in [0, 0.05) is 16.1 Å². The molecule has 1 amide bonds. The van der Waals surface area contributed by atoms with Crippen molar-refractivity contribution in [3.05, 3.63) is 54.7 Å². The highest BCUT2D eigenvalue weighted by atomic mass is 79.9. The molecule has 2 rings (SSSR count). The van der Waals surface area contributed by atoms with Crippen LogP contribution in [0, 0.1) is 10.1 Å². The van der Waals surface area contributed by atoms with E-state index in [1.807, 2.05) is 0 Å². The van der Waals surface area contributed by atoms with Gasteiger partial charge in [0.1, 0.15) is 12.4 Å². The first-order chi connectivity index (χ1) is 10.0. The minimum atomic E-state index is -0.504. The number of nitrogens with two attached hydrogens (primary N) is 1. The van der Waals surface area contributed by atoms with Gasteiger partial charge < -0.3 is 4.74 Å². The summed E-state index contributed by atoms with van der Waals surface area (Å²) in [5, 5.41) is 12.5. The van der Waals surface area contributed by atoms with Crippen molar-refractivity contribution < 1.29 is 14.5 Å². The standard InChI is InChI=1S/C12H10BrN3O4S/c13-8-3-9(16(18)19)5-10(4-8)20-6-7-1-2-21-11(7)12(17)15-14/h1-5H,6,14H2,(H,15,17). The van der Waals surface area contributed by atoms with Crippen LogP contribution in [0.1, 0.15) is 15.2 Å². The number of amides is 1. The molecule has 1 aromatic carbocycles. The zero-order valence-corrected chi connectivity index (χ0v) is 12.9. The van der Waals surface area contributed by atoms with E-state index in [1.165, 1.54) is 23.5 Å². The first-order valence-electron chi connectivity index (χ1n) is 5.66. The molecule has 9 heteroatoms. The van der Waals surface area contributed by atoms with Gasteiger partial charge in [-0.1, -0.05) is 15.9 Å². The third kappa shape index (κ3) is 3.78. The lowest BCUT2D eigenvalue weighted by Gasteiger charge is -2.07. The second kappa shape index (κ2) is 6.66. The zero-order chi connectivity index (χ0) is 15.4. The van der Waals surface area contributed by atoms with Crippen molar-refractivity contribution >= 4 is 38.9 Å². The van der Waals surface area contributed by atoms with Crippen LogP contribution in [0.25, 0.3) is 0 Å². The molecule has 1 aromatic heterocycles. The number of nitro groups is 1. The van der Waals surface area contributed by atoms with Gasteiger partial charge in [-0.3, -0.25) is 20.3 Å². The largest absolute Gasteiger partial charge is 0.489 e. The monoisotopic (exact) mass is 371 g/mol. The van der Waals surface area contributed by atoms with Gasteiger partial charge in [0.2, 0.25) is 0 Å². The fourth-order valence-electron chi connectivity index (χ4n) is 1.61. The Morgan fingerprint density at radius 1 is 1.48 bits per heavy atom. The smallest absolute Gasteiger partial charge is 0.275 e. The molecule has 1 heterocycles. The Labute approximate surface area is 132 Å². The van der Waals surface area contributed by atoms with Crippen LogP contribution in [0.5, 0.6) is 5.75 Å². The molecule has 110 valence electrons. The Morgan fingerprint density at radius 2 is 2.24 bits per heavy atom. The number of benzene rings is 1. The summed E-state index contributed by atoms with van der Waals surface area (Å²) >= 11 is 4.42. The number of nitro benzene ring substituents is 1. The fourth-order valence-corrected chi connectivity index (χ4v) is 2.88. The number of nitrogens with zero attached hydrogens (tertiary/aromatic N) is 1. The Bertz CT molecular complexity index is 689. The molecule has 0 aliphatic carbocycles. The van der Waals surface area contributed by atoms with Crippen molar-refractivity contribution in [1.82, 2.24) is 5.43 Å². The second-order valence-electron chi connectivity index (χ2n) is 3.94. The van der Waals surface area contributed by atoms with Gasteiger partial charge in [0.15, 0.2) is 0 Å². The van der Waals surface area contributed by atoms with E-state index in [-0.39, 0.29) is 12.3 Å². The Balaban J connectivity index is 2.15. The fraction of sp³-hybridized carbons (Fsp3) is 0.0833. The van der Waals surface area contributed by atoms with Crippen LogP contribution >= 0.6 is 27.3 Å². The Hall–Kier alpha value is -1.97. The molecule has 0 radical (unpaired) electrons. The maximum atomic E-state index is 11.5. The van der Waals surface area contributed by atoms with Gasteiger partial charge in [-0.05, 0) is 17.5 Å². The third-order valence-corrected chi connectivity index (χ3v) is 3.96. The van der Waals surface area contributed by atoms with E-state index in [9.17, 15) is 14.9 Å². The summed E-state index contributed by atoms with van der Waals surface area (Å²) in [5.74, 6) is 5.03. The summed E-state index contributed by atoms with van der Waals surface area (Å²) in [6.07, 6.45) is 0. The summed E-state index contributed by atoms with van der Waals surface area (Å²) in [4.78, 5) is 22.3. The number of hydrogen-bond acceptors (Lipinski definition) is 6. The lowest BCUT2D eigenvalue weighted by Crippen LogP contribution is -2.30. The molecule has 0 atom stereocenters. The quantitative estimate of drug-likeness (QED) is 0.363. The van der Waals surface area contributed by atoms with Crippen LogP contribution in [0.2, 0.25) is 0 Å². The Morgan fingerprint density at radius 3 is 2.90 bits per heavy atom. The molecule has 0 saturated heterocycles. The summed E-state index contributed by atoms with van der Waals surface area (Å²) in [6, 6.07) is 6.05. The highest BCUT2D eigenvalue weighted by molar-refractivity contribution is 9.10. The predicted molar refractivity (Wildman–Crippen MR) is 81.1 cm³/mol. The average Bonchev–Trinajstić information content (AvgIpc) is 2.92. The highest BCUT2D eigenvalue weighted by Gasteiger charge is 2.14. The van der Waals surface area contributed by atoms with Crippen molar-refractivity contribution in [3.8, 4) is 5.75 Å². The van der Waals surface area contributed by atoms with Gasteiger partial charge in [-0.25, -0.2) is 5.84 Å². The Kier molecular flexibility index (Phi) is 4.89. The number of rotatable bonds is 5. The lowest BCUT2D eigenvalue weighted by atomic mass is 10.2. The van der Waals surface area contributed by atoms with Gasteiger partial charge >= 0.3 is 0 Å². The highest BCUT2D eigenvalue weighted by Crippen LogP contribution is 2.27. The maximum absolute atomic E-state index is 11.5. The van der Waals surface area contributed by atoms with E-state index in [2.05, 4.69) is 21.4 Å². The molecular weight excluding hydrogens is 362 g/mol. The molecule has 2 aromatic rings. The summed E-state index contributed by atoms with van der Waals surface area (Å²) in [5.41, 5.74) is 2.64. The van der Waals surface area contributed by atoms with Crippen LogP contribution in [0.4, 0.5) is 5.69 Å². The van der Waals surface area contributed by atoms with Gasteiger partial charge in [-0.2, -0.15) is 0 Å². The van der Waals surface area contributed by atoms with Crippen molar-refractivity contribution in [1.29, 1.82) is 0 Å². The zero-order valence-electron chi connectivity index (χ0n) is 10.5. The number of halogens is 1. The number of thiophene rings is 1. The molecule has 0 aliphatic rings. The van der Waals surface area contributed by atoms with E-state index in [0.717, 1.165) is 0 Å². The maximum Gasteiger partial charge on any atom is 0.275 e. The van der Waals surface area contributed by atoms with Crippen LogP contribution in [-0.4, -0.2) is 10.8 Å². The normalized spacial score (nSPS) is 10.2. The molecule has 0 aliphatic heterocycles. The van der Waals surface area contributed by atoms with E-state index < -0.39 is 10.8 Å². The van der Waals surface area contributed by atoms with Crippen LogP contribution in [0.3, 0.4) is 0 Å². The second-order valence-corrected chi connectivity index (χ2v) is 5.77. The SMILES string of the molecule is NNC(=O)c1sccc1COc1cc(Br)cc([N+](=O)[O-])c1. The van der Waals surface area contributed by atoms with Crippen molar-refractivity contribution in [2.45, 2.75) is 6.61 Å². The van der Waals surface area contributed by atoms with Gasteiger partial charge in [-0.15, -0.1) is 11.3 Å². The van der Waals surface area contributed by atoms with Crippen molar-refractivity contribution in [3.63, 3.8) is 0 Å². The number of hydrogen-bond donors (Lipinski definition) is 2. The van der Waals surface area contributed by atoms with E-state index >= 15 is 0 Å². The van der Waals surface area contributed by atoms with Crippen molar-refractivity contribution in [2.75, 3.05) is 0 Å². The van der Waals surface area contributed by atoms with Crippen LogP contribution in [-0.2, 0) is 6.61 Å². The van der Waals surface area contributed by atoms with Gasteiger partial charge in [0.25, 0.3) is 11.6 Å². The minimum Gasteiger partial charge on any atom is -0.489 e. The average molecular weight is 372 g/mol. The van der Waals surface area contributed by atoms with E-state index in [4.69, 9.17) is 10.6 Å². The molecule has 0 fully saturated rings. The first kappa shape index (κ1) is 15.4. The van der Waals surface area contributed by atoms with Crippen molar-refractivity contribution in [2.24, 2.45) is 5.84 Å². The molecule has 21 heavy (non-hydrogen) atoms. The number of nitrogens with one attached hydrogen (secondary N) is 1. The molecule has 0 spiro atoms. The number of hydrazine groups is 1. The van der Waals surface area contributed by atoms with Crippen LogP contribution < -0.4 is 16.0 Å². The lowest BCUT2D eigenvalue weighted by molar-refractivity contribution is -0.385. The molecule has 7 nitrogen and oxygen atoms in total. The summed E-state index contributed by atoms with van der Waals surface area (Å²) in [6.45, 7) is 0.111. The molecule has 0 saturated carbocycles. The number of carbonyl (C=O) groups excluding carboxylic acids is 1. The third-order valence-electron chi connectivity index (χ3n) is 2.55.